The average molecular weight is 279 g/mol. The Hall–Kier alpha value is -1.89. The molecule has 7 heteroatoms. The number of nitrogens with zero attached hydrogens (tertiary/aromatic N) is 3. The number of thiazole rings is 1. The van der Waals surface area contributed by atoms with Crippen molar-refractivity contribution in [2.24, 2.45) is 0 Å². The third-order valence-electron chi connectivity index (χ3n) is 2.50. The maximum Gasteiger partial charge on any atom is 0.324 e. The number of rotatable bonds is 2. The fourth-order valence-corrected chi connectivity index (χ4v) is 2.13. The van der Waals surface area contributed by atoms with E-state index in [0.717, 1.165) is 10.7 Å². The standard InChI is InChI=1S/C12H17N5OS/c1-8-10(19-7-13-8)16-11(18)15-9-5-14-17(6-9)12(2,3)4/h5-7H,1-4H3,(H2,15,16,18). The first-order chi connectivity index (χ1) is 8.86. The molecule has 0 atom stereocenters. The highest BCUT2D eigenvalue weighted by Crippen LogP contribution is 2.19. The van der Waals surface area contributed by atoms with Crippen LogP contribution in [0.15, 0.2) is 17.9 Å². The number of urea groups is 1. The average Bonchev–Trinajstić information content (AvgIpc) is 2.88. The molecule has 0 unspecified atom stereocenters. The second kappa shape index (κ2) is 5.00. The van der Waals surface area contributed by atoms with Crippen molar-refractivity contribution in [3.05, 3.63) is 23.6 Å². The molecule has 2 heterocycles. The molecular formula is C12H17N5OS. The molecule has 102 valence electrons. The molecule has 0 spiro atoms. The van der Waals surface area contributed by atoms with E-state index in [9.17, 15) is 4.79 Å². The van der Waals surface area contributed by atoms with Crippen LogP contribution in [0.1, 0.15) is 26.5 Å². The largest absolute Gasteiger partial charge is 0.324 e. The summed E-state index contributed by atoms with van der Waals surface area (Å²) in [6.45, 7) is 7.99. The van der Waals surface area contributed by atoms with Gasteiger partial charge in [-0.3, -0.25) is 10.00 Å². The van der Waals surface area contributed by atoms with Gasteiger partial charge >= 0.3 is 6.03 Å². The molecule has 0 radical (unpaired) electrons. The zero-order valence-electron chi connectivity index (χ0n) is 11.4. The number of amides is 2. The SMILES string of the molecule is Cc1ncsc1NC(=O)Nc1cnn(C(C)(C)C)c1. The van der Waals surface area contributed by atoms with Crippen molar-refractivity contribution in [2.75, 3.05) is 10.6 Å². The minimum Gasteiger partial charge on any atom is -0.305 e. The van der Waals surface area contributed by atoms with Gasteiger partial charge in [0.15, 0.2) is 0 Å². The normalized spacial score (nSPS) is 11.4. The van der Waals surface area contributed by atoms with Crippen LogP contribution in [0.3, 0.4) is 0 Å². The highest BCUT2D eigenvalue weighted by molar-refractivity contribution is 7.14. The van der Waals surface area contributed by atoms with E-state index in [1.165, 1.54) is 11.3 Å². The van der Waals surface area contributed by atoms with Crippen LogP contribution in [0.4, 0.5) is 15.5 Å². The molecule has 2 N–H and O–H groups in total. The molecule has 0 aliphatic rings. The molecule has 6 nitrogen and oxygen atoms in total. The Morgan fingerprint density at radius 1 is 1.37 bits per heavy atom. The summed E-state index contributed by atoms with van der Waals surface area (Å²) in [6.07, 6.45) is 3.43. The summed E-state index contributed by atoms with van der Waals surface area (Å²) >= 11 is 1.39. The second-order valence-electron chi connectivity index (χ2n) is 5.19. The predicted octanol–water partition coefficient (Wildman–Crippen LogP) is 3.05. The van der Waals surface area contributed by atoms with Crippen molar-refractivity contribution in [1.82, 2.24) is 14.8 Å². The minimum atomic E-state index is -0.291. The molecule has 2 aromatic rings. The Kier molecular flexibility index (Phi) is 3.57. The van der Waals surface area contributed by atoms with E-state index >= 15 is 0 Å². The lowest BCUT2D eigenvalue weighted by molar-refractivity contribution is 0.262. The molecule has 2 rings (SSSR count). The van der Waals surface area contributed by atoms with Gasteiger partial charge in [0, 0.05) is 6.20 Å². The number of hydrogen-bond donors (Lipinski definition) is 2. The van der Waals surface area contributed by atoms with Crippen molar-refractivity contribution < 1.29 is 4.79 Å². The van der Waals surface area contributed by atoms with Crippen molar-refractivity contribution in [3.8, 4) is 0 Å². The summed E-state index contributed by atoms with van der Waals surface area (Å²) in [5.41, 5.74) is 3.06. The predicted molar refractivity (Wildman–Crippen MR) is 76.7 cm³/mol. The van der Waals surface area contributed by atoms with E-state index in [0.29, 0.717) is 5.69 Å². The van der Waals surface area contributed by atoms with E-state index in [1.54, 1.807) is 22.6 Å². The third kappa shape index (κ3) is 3.31. The summed E-state index contributed by atoms with van der Waals surface area (Å²) in [6, 6.07) is -0.291. The molecule has 0 bridgehead atoms. The molecule has 0 saturated heterocycles. The molecule has 0 aromatic carbocycles. The topological polar surface area (TPSA) is 71.8 Å². The van der Waals surface area contributed by atoms with Gasteiger partial charge in [-0.1, -0.05) is 0 Å². The Balaban J connectivity index is 2.00. The van der Waals surface area contributed by atoms with Gasteiger partial charge in [0.2, 0.25) is 0 Å². The molecule has 0 saturated carbocycles. The summed E-state index contributed by atoms with van der Waals surface area (Å²) in [4.78, 5) is 15.9. The van der Waals surface area contributed by atoms with Crippen molar-refractivity contribution in [1.29, 1.82) is 0 Å². The van der Waals surface area contributed by atoms with Crippen LogP contribution >= 0.6 is 11.3 Å². The first kappa shape index (κ1) is 13.5. The van der Waals surface area contributed by atoms with Gasteiger partial charge in [-0.05, 0) is 27.7 Å². The van der Waals surface area contributed by atoms with Crippen LogP contribution in [-0.2, 0) is 5.54 Å². The fourth-order valence-electron chi connectivity index (χ4n) is 1.44. The number of carbonyl (C=O) groups excluding carboxylic acids is 1. The molecular weight excluding hydrogens is 262 g/mol. The van der Waals surface area contributed by atoms with Crippen LogP contribution in [0.25, 0.3) is 0 Å². The number of aromatic nitrogens is 3. The van der Waals surface area contributed by atoms with Gasteiger partial charge < -0.3 is 5.32 Å². The second-order valence-corrected chi connectivity index (χ2v) is 6.05. The zero-order chi connectivity index (χ0) is 14.0. The zero-order valence-corrected chi connectivity index (χ0v) is 12.2. The maximum absolute atomic E-state index is 11.8. The van der Waals surface area contributed by atoms with Crippen LogP contribution < -0.4 is 10.6 Å². The van der Waals surface area contributed by atoms with Crippen LogP contribution in [-0.4, -0.2) is 20.8 Å². The fraction of sp³-hybridized carbons (Fsp3) is 0.417. The number of aryl methyl sites for hydroxylation is 1. The monoisotopic (exact) mass is 279 g/mol. The molecule has 2 amide bonds. The lowest BCUT2D eigenvalue weighted by Gasteiger charge is -2.18. The Labute approximate surface area is 115 Å². The Morgan fingerprint density at radius 2 is 2.11 bits per heavy atom. The van der Waals surface area contributed by atoms with Crippen LogP contribution in [0.5, 0.6) is 0 Å². The Morgan fingerprint density at radius 3 is 2.63 bits per heavy atom. The van der Waals surface area contributed by atoms with Gasteiger partial charge in [0.05, 0.1) is 28.6 Å². The van der Waals surface area contributed by atoms with Gasteiger partial charge in [-0.2, -0.15) is 5.10 Å². The van der Waals surface area contributed by atoms with E-state index < -0.39 is 0 Å². The smallest absolute Gasteiger partial charge is 0.305 e. The van der Waals surface area contributed by atoms with E-state index in [-0.39, 0.29) is 11.6 Å². The lowest BCUT2D eigenvalue weighted by Crippen LogP contribution is -2.22. The van der Waals surface area contributed by atoms with E-state index in [1.807, 2.05) is 27.7 Å². The summed E-state index contributed by atoms with van der Waals surface area (Å²) in [7, 11) is 0. The lowest BCUT2D eigenvalue weighted by atomic mass is 10.1. The van der Waals surface area contributed by atoms with E-state index in [2.05, 4.69) is 20.7 Å². The minimum absolute atomic E-state index is 0.106. The van der Waals surface area contributed by atoms with E-state index in [4.69, 9.17) is 0 Å². The van der Waals surface area contributed by atoms with Gasteiger partial charge in [0.25, 0.3) is 0 Å². The first-order valence-electron chi connectivity index (χ1n) is 5.89. The summed E-state index contributed by atoms with van der Waals surface area (Å²) in [5, 5.41) is 10.5. The van der Waals surface area contributed by atoms with Crippen molar-refractivity contribution >= 4 is 28.1 Å². The number of anilines is 2. The summed E-state index contributed by atoms with van der Waals surface area (Å²) in [5.74, 6) is 0. The molecule has 0 aliphatic carbocycles. The number of hydrogen-bond acceptors (Lipinski definition) is 4. The van der Waals surface area contributed by atoms with Gasteiger partial charge in [-0.25, -0.2) is 9.78 Å². The maximum atomic E-state index is 11.8. The number of carbonyl (C=O) groups is 1. The third-order valence-corrected chi connectivity index (χ3v) is 3.34. The highest BCUT2D eigenvalue weighted by atomic mass is 32.1. The van der Waals surface area contributed by atoms with Crippen molar-refractivity contribution in [2.45, 2.75) is 33.2 Å². The molecule has 19 heavy (non-hydrogen) atoms. The summed E-state index contributed by atoms with van der Waals surface area (Å²) < 4.78 is 1.81. The first-order valence-corrected chi connectivity index (χ1v) is 6.77. The molecule has 0 fully saturated rings. The van der Waals surface area contributed by atoms with Crippen LogP contribution in [0.2, 0.25) is 0 Å². The van der Waals surface area contributed by atoms with Crippen LogP contribution in [0, 0.1) is 6.92 Å². The Bertz CT molecular complexity index is 581. The highest BCUT2D eigenvalue weighted by Gasteiger charge is 2.15. The number of nitrogens with one attached hydrogen (secondary N) is 2. The van der Waals surface area contributed by atoms with Crippen molar-refractivity contribution in [3.63, 3.8) is 0 Å². The molecule has 0 aliphatic heterocycles. The van der Waals surface area contributed by atoms with Gasteiger partial charge in [0.1, 0.15) is 5.00 Å². The molecule has 2 aromatic heterocycles. The van der Waals surface area contributed by atoms with Gasteiger partial charge in [-0.15, -0.1) is 11.3 Å². The quantitative estimate of drug-likeness (QED) is 0.887.